The number of hydrogen-bond acceptors (Lipinski definition) is 5. The van der Waals surface area contributed by atoms with Crippen LogP contribution in [0.4, 0.5) is 10.1 Å². The standard InChI is InChI=1S/C26H20ClFN6O/c1-16(25(27)31-30-19-13-11-18(28)12-14-19)29-32-26(35)23-22-15-17-7-5-6-10-21(17)24(22)34(33-23)20-8-3-2-4-9-20/h2-14,30H,15H2,1H3,(H,32,35)/b29-16+,31-25-. The maximum Gasteiger partial charge on any atom is 0.292 e. The average molecular weight is 487 g/mol. The van der Waals surface area contributed by atoms with E-state index in [2.05, 4.69) is 32.2 Å². The molecule has 0 spiro atoms. The summed E-state index contributed by atoms with van der Waals surface area (Å²) in [7, 11) is 0. The van der Waals surface area contributed by atoms with Gasteiger partial charge in [-0.25, -0.2) is 14.5 Å². The number of fused-ring (bicyclic) bond motifs is 3. The molecule has 174 valence electrons. The van der Waals surface area contributed by atoms with E-state index in [1.165, 1.54) is 24.3 Å². The molecule has 1 heterocycles. The van der Waals surface area contributed by atoms with Crippen molar-refractivity contribution in [1.29, 1.82) is 0 Å². The first-order chi connectivity index (χ1) is 17.0. The van der Waals surface area contributed by atoms with Gasteiger partial charge < -0.3 is 0 Å². The molecule has 9 heteroatoms. The quantitative estimate of drug-likeness (QED) is 0.250. The Bertz CT molecular complexity index is 1460. The second-order valence-electron chi connectivity index (χ2n) is 7.92. The van der Waals surface area contributed by atoms with Crippen LogP contribution in [-0.2, 0) is 6.42 Å². The highest BCUT2D eigenvalue weighted by Gasteiger charge is 2.30. The van der Waals surface area contributed by atoms with Crippen LogP contribution in [0, 0.1) is 5.82 Å². The molecule has 7 nitrogen and oxygen atoms in total. The lowest BCUT2D eigenvalue weighted by Crippen LogP contribution is -2.22. The highest BCUT2D eigenvalue weighted by molar-refractivity contribution is 6.83. The van der Waals surface area contributed by atoms with Crippen molar-refractivity contribution in [3.05, 3.63) is 102 Å². The van der Waals surface area contributed by atoms with Crippen molar-refractivity contribution >= 4 is 34.1 Å². The van der Waals surface area contributed by atoms with Gasteiger partial charge >= 0.3 is 0 Å². The summed E-state index contributed by atoms with van der Waals surface area (Å²) in [6.45, 7) is 1.61. The second-order valence-corrected chi connectivity index (χ2v) is 8.27. The first kappa shape index (κ1) is 22.5. The van der Waals surface area contributed by atoms with Gasteiger partial charge in [0.05, 0.1) is 22.8 Å². The number of hydrazone groups is 2. The fourth-order valence-electron chi connectivity index (χ4n) is 3.88. The molecule has 1 aliphatic carbocycles. The zero-order valence-corrected chi connectivity index (χ0v) is 19.4. The zero-order chi connectivity index (χ0) is 24.4. The third kappa shape index (κ3) is 4.56. The number of benzene rings is 3. The van der Waals surface area contributed by atoms with E-state index in [4.69, 9.17) is 11.6 Å². The molecule has 0 aliphatic heterocycles. The predicted octanol–water partition coefficient (Wildman–Crippen LogP) is 5.35. The molecule has 0 saturated carbocycles. The van der Waals surface area contributed by atoms with Gasteiger partial charge in [-0.1, -0.05) is 54.1 Å². The summed E-state index contributed by atoms with van der Waals surface area (Å²) in [5.41, 5.74) is 11.2. The molecular formula is C26H20ClFN6O. The van der Waals surface area contributed by atoms with Crippen molar-refractivity contribution in [1.82, 2.24) is 15.2 Å². The average Bonchev–Trinajstić information content (AvgIpc) is 3.44. The van der Waals surface area contributed by atoms with E-state index in [0.717, 1.165) is 28.1 Å². The molecule has 1 aromatic heterocycles. The minimum Gasteiger partial charge on any atom is -0.277 e. The van der Waals surface area contributed by atoms with Crippen molar-refractivity contribution in [2.45, 2.75) is 13.3 Å². The zero-order valence-electron chi connectivity index (χ0n) is 18.7. The Hall–Kier alpha value is -4.30. The van der Waals surface area contributed by atoms with Crippen LogP contribution in [0.2, 0.25) is 0 Å². The van der Waals surface area contributed by atoms with Crippen LogP contribution >= 0.6 is 11.6 Å². The van der Waals surface area contributed by atoms with E-state index in [0.29, 0.717) is 17.8 Å². The number of rotatable bonds is 6. The van der Waals surface area contributed by atoms with Crippen LogP contribution in [0.1, 0.15) is 28.5 Å². The predicted molar refractivity (Wildman–Crippen MR) is 136 cm³/mol. The Kier molecular flexibility index (Phi) is 6.12. The minimum atomic E-state index is -0.445. The molecule has 2 N–H and O–H groups in total. The molecule has 4 aromatic rings. The SMILES string of the molecule is CC(=N\NC(=O)c1nn(-c2ccccc2)c2c1Cc1ccccc1-2)/C(Cl)=N/Nc1ccc(F)cc1. The maximum absolute atomic E-state index is 13.1. The van der Waals surface area contributed by atoms with E-state index in [-0.39, 0.29) is 16.7 Å². The number of halogens is 2. The normalized spacial score (nSPS) is 12.8. The van der Waals surface area contributed by atoms with E-state index in [9.17, 15) is 9.18 Å². The molecule has 1 aliphatic rings. The highest BCUT2D eigenvalue weighted by Crippen LogP contribution is 2.39. The number of carbonyl (C=O) groups excluding carboxylic acids is 1. The molecule has 0 bridgehead atoms. The first-order valence-electron chi connectivity index (χ1n) is 10.9. The number of nitrogens with one attached hydrogen (secondary N) is 2. The van der Waals surface area contributed by atoms with Gasteiger partial charge in [0.25, 0.3) is 5.91 Å². The molecule has 0 saturated heterocycles. The summed E-state index contributed by atoms with van der Waals surface area (Å²) < 4.78 is 14.8. The monoisotopic (exact) mass is 486 g/mol. The van der Waals surface area contributed by atoms with Crippen LogP contribution < -0.4 is 10.9 Å². The number of aromatic nitrogens is 2. The van der Waals surface area contributed by atoms with Crippen LogP contribution in [0.25, 0.3) is 16.9 Å². The Balaban J connectivity index is 1.39. The third-order valence-corrected chi connectivity index (χ3v) is 5.95. The maximum atomic E-state index is 13.1. The number of nitrogens with zero attached hydrogens (tertiary/aromatic N) is 4. The van der Waals surface area contributed by atoms with Crippen molar-refractivity contribution in [3.8, 4) is 16.9 Å². The molecular weight excluding hydrogens is 467 g/mol. The van der Waals surface area contributed by atoms with Gasteiger partial charge in [0.2, 0.25) is 0 Å². The second kappa shape index (κ2) is 9.52. The van der Waals surface area contributed by atoms with Gasteiger partial charge in [-0.2, -0.15) is 15.3 Å². The molecule has 3 aromatic carbocycles. The molecule has 0 atom stereocenters. The molecule has 0 fully saturated rings. The van der Waals surface area contributed by atoms with Crippen LogP contribution in [0.15, 0.2) is 89.1 Å². The lowest BCUT2D eigenvalue weighted by Gasteiger charge is -2.07. The summed E-state index contributed by atoms with van der Waals surface area (Å²) in [5.74, 6) is -0.797. The van der Waals surface area contributed by atoms with Crippen LogP contribution in [0.3, 0.4) is 0 Å². The smallest absolute Gasteiger partial charge is 0.277 e. The van der Waals surface area contributed by atoms with Gasteiger partial charge in [0.15, 0.2) is 10.9 Å². The van der Waals surface area contributed by atoms with Crippen molar-refractivity contribution in [2.24, 2.45) is 10.2 Å². The lowest BCUT2D eigenvalue weighted by molar-refractivity contribution is 0.0948. The van der Waals surface area contributed by atoms with Gasteiger partial charge in [0.1, 0.15) is 5.82 Å². The summed E-state index contributed by atoms with van der Waals surface area (Å²) in [6.07, 6.45) is 0.605. The van der Waals surface area contributed by atoms with Crippen molar-refractivity contribution in [3.63, 3.8) is 0 Å². The first-order valence-corrected chi connectivity index (χ1v) is 11.2. The lowest BCUT2D eigenvalue weighted by atomic mass is 10.1. The largest absolute Gasteiger partial charge is 0.292 e. The fourth-order valence-corrected chi connectivity index (χ4v) is 3.97. The number of para-hydroxylation sites is 1. The molecule has 35 heavy (non-hydrogen) atoms. The van der Waals surface area contributed by atoms with E-state index in [1.54, 1.807) is 11.6 Å². The van der Waals surface area contributed by atoms with Gasteiger partial charge in [-0.15, -0.1) is 0 Å². The fraction of sp³-hybridized carbons (Fsp3) is 0.0769. The van der Waals surface area contributed by atoms with E-state index in [1.807, 2.05) is 48.5 Å². The topological polar surface area (TPSA) is 83.7 Å². The number of anilines is 1. The van der Waals surface area contributed by atoms with Gasteiger partial charge in [0, 0.05) is 17.5 Å². The summed E-state index contributed by atoms with van der Waals surface area (Å²) in [6, 6.07) is 23.4. The summed E-state index contributed by atoms with van der Waals surface area (Å²) >= 11 is 6.19. The number of amides is 1. The number of hydrogen-bond donors (Lipinski definition) is 2. The molecule has 1 amide bonds. The molecule has 0 radical (unpaired) electrons. The Labute approximate surface area is 205 Å². The molecule has 5 rings (SSSR count). The van der Waals surface area contributed by atoms with Crippen molar-refractivity contribution in [2.75, 3.05) is 5.43 Å². The van der Waals surface area contributed by atoms with Gasteiger partial charge in [-0.3, -0.25) is 10.2 Å². The third-order valence-electron chi connectivity index (χ3n) is 5.59. The highest BCUT2D eigenvalue weighted by atomic mass is 35.5. The molecule has 0 unspecified atom stereocenters. The van der Waals surface area contributed by atoms with Crippen LogP contribution in [0.5, 0.6) is 0 Å². The number of carbonyl (C=O) groups is 1. The van der Waals surface area contributed by atoms with E-state index < -0.39 is 5.91 Å². The summed E-state index contributed by atoms with van der Waals surface area (Å²) in [4.78, 5) is 13.1. The Morgan fingerprint density at radius 1 is 1.00 bits per heavy atom. The summed E-state index contributed by atoms with van der Waals surface area (Å²) in [5, 5.41) is 12.8. The van der Waals surface area contributed by atoms with Crippen molar-refractivity contribution < 1.29 is 9.18 Å². The Morgan fingerprint density at radius 3 is 2.49 bits per heavy atom. The van der Waals surface area contributed by atoms with E-state index >= 15 is 0 Å². The van der Waals surface area contributed by atoms with Crippen LogP contribution in [-0.4, -0.2) is 26.6 Å². The van der Waals surface area contributed by atoms with Gasteiger partial charge in [-0.05, 0) is 48.9 Å². The minimum absolute atomic E-state index is 0.0436. The Morgan fingerprint density at radius 2 is 1.71 bits per heavy atom.